The fourth-order valence-electron chi connectivity index (χ4n) is 5.26. The van der Waals surface area contributed by atoms with E-state index in [2.05, 4.69) is 26.7 Å². The molecule has 0 spiro atoms. The van der Waals surface area contributed by atoms with Gasteiger partial charge in [0.05, 0.1) is 0 Å². The van der Waals surface area contributed by atoms with Crippen LogP contribution in [0.25, 0.3) is 0 Å². The number of carbonyl (C=O) groups excluding carboxylic acids is 2. The van der Waals surface area contributed by atoms with Gasteiger partial charge in [0, 0.05) is 44.8 Å². The van der Waals surface area contributed by atoms with Gasteiger partial charge >= 0.3 is 285 Å². The van der Waals surface area contributed by atoms with E-state index in [1.807, 2.05) is 158 Å². The zero-order chi connectivity index (χ0) is 34.1. The van der Waals surface area contributed by atoms with Gasteiger partial charge in [-0.3, -0.25) is 0 Å². The van der Waals surface area contributed by atoms with Crippen LogP contribution >= 0.6 is 13.7 Å². The maximum atomic E-state index is 12.7. The molecule has 4 nitrogen and oxygen atoms in total. The molecule has 8 heteroatoms. The molecule has 0 aliphatic heterocycles. The minimum atomic E-state index is -3.59. The Morgan fingerprint density at radius 1 is 0.340 bits per heavy atom. The molecule has 0 fully saturated rings. The first kappa shape index (κ1) is 41.0. The molecule has 0 amide bonds. The molecule has 50 heavy (non-hydrogen) atoms. The molecule has 0 N–H and O–H groups in total. The van der Waals surface area contributed by atoms with E-state index < -0.39 is 25.6 Å². The van der Waals surface area contributed by atoms with Crippen LogP contribution in [0.15, 0.2) is 182 Å². The average molecular weight is 1060 g/mol. The molecular formula is C42H38Au2O4P2-4. The van der Waals surface area contributed by atoms with Gasteiger partial charge in [-0.05, 0) is 0 Å². The second-order valence-corrected chi connectivity index (χ2v) is 19.7. The van der Waals surface area contributed by atoms with Gasteiger partial charge in [-0.1, -0.05) is 0 Å². The Bertz CT molecular complexity index is 1730. The monoisotopic (exact) mass is 1060 g/mol. The first-order chi connectivity index (χ1) is 23.0. The van der Waals surface area contributed by atoms with E-state index in [0.29, 0.717) is 11.1 Å². The van der Waals surface area contributed by atoms with Crippen LogP contribution in [-0.4, -0.2) is 11.9 Å². The standard InChI is InChI=1S/2C21H19O2P.2Au/c2*1-24(2,19-14-8-4-9-15-19,20-16-10-5-11-17-20)23-21(22)18-12-6-3-7-13-18;;/h2*3-17H,1-2H2;;/q2*-2;;. The van der Waals surface area contributed by atoms with E-state index in [1.165, 1.54) is 0 Å². The van der Waals surface area contributed by atoms with Crippen molar-refractivity contribution in [2.45, 2.75) is 0 Å². The number of hydrogen-bond acceptors (Lipinski definition) is 4. The zero-order valence-corrected chi connectivity index (χ0v) is 33.4. The van der Waals surface area contributed by atoms with Gasteiger partial charge in [0.1, 0.15) is 0 Å². The summed E-state index contributed by atoms with van der Waals surface area (Å²) in [6.45, 7) is 10.3. The number of rotatable bonds is 8. The van der Waals surface area contributed by atoms with E-state index in [-0.39, 0.29) is 44.8 Å². The minimum absolute atomic E-state index is 0. The molecule has 0 heterocycles. The predicted molar refractivity (Wildman–Crippen MR) is 203 cm³/mol. The van der Waals surface area contributed by atoms with E-state index in [9.17, 15) is 9.59 Å². The van der Waals surface area contributed by atoms with Crippen molar-refractivity contribution >= 4 is 46.8 Å². The van der Waals surface area contributed by atoms with Crippen LogP contribution in [-0.2, 0) is 53.8 Å². The van der Waals surface area contributed by atoms with Crippen LogP contribution in [0.3, 0.4) is 0 Å². The second-order valence-electron chi connectivity index (χ2n) is 11.6. The summed E-state index contributed by atoms with van der Waals surface area (Å²) in [5, 5.41) is 3.33. The first-order valence-corrected chi connectivity index (χ1v) is 20.4. The second kappa shape index (κ2) is 17.2. The van der Waals surface area contributed by atoms with Gasteiger partial charge in [0.15, 0.2) is 0 Å². The fourth-order valence-corrected chi connectivity index (χ4v) is 10.7. The summed E-state index contributed by atoms with van der Waals surface area (Å²) in [6, 6.07) is 56.2. The molecule has 0 aromatic heterocycles. The Hall–Kier alpha value is -3.40. The van der Waals surface area contributed by atoms with Crippen molar-refractivity contribution < 1.29 is 63.4 Å². The molecule has 0 aliphatic rings. The Labute approximate surface area is 327 Å². The topological polar surface area (TPSA) is 52.6 Å². The summed E-state index contributed by atoms with van der Waals surface area (Å²) in [6.07, 6.45) is 0. The summed E-state index contributed by atoms with van der Waals surface area (Å²) >= 11 is 0. The number of hydrogen-bond donors (Lipinski definition) is 0. The van der Waals surface area contributed by atoms with Gasteiger partial charge < -0.3 is 0 Å². The van der Waals surface area contributed by atoms with Crippen molar-refractivity contribution in [3.05, 3.63) is 220 Å². The molecule has 0 bridgehead atoms. The van der Waals surface area contributed by atoms with Crippen molar-refractivity contribution in [3.8, 4) is 0 Å². The quantitative estimate of drug-likeness (QED) is 0.0869. The summed E-state index contributed by atoms with van der Waals surface area (Å²) in [5.74, 6) is -0.822. The third-order valence-electron chi connectivity index (χ3n) is 8.05. The SMILES string of the molecule is [Au].[Au].[CH2-]P([CH2-])(OC(=O)c1ccccc1)(c1ccccc1)c1ccccc1.[CH2-]P([CH2-])(OC(=O)c1ccccc1)(c1ccccc1)c1ccccc1. The molecule has 266 valence electrons. The summed E-state index contributed by atoms with van der Waals surface area (Å²) in [7, 11) is 0. The van der Waals surface area contributed by atoms with E-state index in [0.717, 1.165) is 21.2 Å². The van der Waals surface area contributed by atoms with Crippen LogP contribution in [0, 0.1) is 26.7 Å². The molecule has 0 unspecified atom stereocenters. The van der Waals surface area contributed by atoms with Crippen molar-refractivity contribution in [1.82, 2.24) is 0 Å². The van der Waals surface area contributed by atoms with Crippen LogP contribution in [0.4, 0.5) is 0 Å². The summed E-state index contributed by atoms with van der Waals surface area (Å²) in [4.78, 5) is 25.5. The Balaban J connectivity index is 0.000000260. The Morgan fingerprint density at radius 2 is 0.520 bits per heavy atom. The molecular weight excluding hydrogens is 1020 g/mol. The van der Waals surface area contributed by atoms with E-state index in [4.69, 9.17) is 9.05 Å². The normalized spacial score (nSPS) is 12.3. The van der Waals surface area contributed by atoms with Gasteiger partial charge in [-0.15, -0.1) is 0 Å². The fraction of sp³-hybridized carbons (Fsp3) is 0. The molecule has 2 radical (unpaired) electrons. The van der Waals surface area contributed by atoms with Crippen LogP contribution in [0.2, 0.25) is 0 Å². The summed E-state index contributed by atoms with van der Waals surface area (Å²) < 4.78 is 12.1. The molecule has 6 aromatic carbocycles. The summed E-state index contributed by atoms with van der Waals surface area (Å²) in [5.41, 5.74) is 0.983. The predicted octanol–water partition coefficient (Wildman–Crippen LogP) is 9.09. The van der Waals surface area contributed by atoms with Gasteiger partial charge in [0.2, 0.25) is 0 Å². The maximum absolute atomic E-state index is 12.7. The molecule has 6 aromatic rings. The third kappa shape index (κ3) is 9.09. The molecule has 0 saturated carbocycles. The van der Waals surface area contributed by atoms with Gasteiger partial charge in [-0.25, -0.2) is 0 Å². The van der Waals surface area contributed by atoms with E-state index in [1.54, 1.807) is 24.3 Å². The van der Waals surface area contributed by atoms with Crippen molar-refractivity contribution in [1.29, 1.82) is 0 Å². The van der Waals surface area contributed by atoms with Crippen molar-refractivity contribution in [3.63, 3.8) is 0 Å². The van der Waals surface area contributed by atoms with Gasteiger partial charge in [-0.2, -0.15) is 0 Å². The zero-order valence-electron chi connectivity index (χ0n) is 27.3. The molecule has 0 aliphatic carbocycles. The number of carbonyl (C=O) groups is 2. The first-order valence-electron chi connectivity index (χ1n) is 15.3. The molecule has 6 rings (SSSR count). The average Bonchev–Trinajstić information content (AvgIpc) is 3.14. The van der Waals surface area contributed by atoms with Gasteiger partial charge in [0.25, 0.3) is 0 Å². The Kier molecular flexibility index (Phi) is 14.1. The van der Waals surface area contributed by atoms with E-state index >= 15 is 0 Å². The third-order valence-corrected chi connectivity index (χ3v) is 15.3. The van der Waals surface area contributed by atoms with Crippen molar-refractivity contribution in [2.75, 3.05) is 0 Å². The van der Waals surface area contributed by atoms with Crippen LogP contribution in [0.1, 0.15) is 20.7 Å². The molecule has 0 atom stereocenters. The van der Waals surface area contributed by atoms with Crippen molar-refractivity contribution in [2.24, 2.45) is 0 Å². The van der Waals surface area contributed by atoms with Crippen LogP contribution < -0.4 is 21.2 Å². The number of benzene rings is 6. The van der Waals surface area contributed by atoms with Crippen LogP contribution in [0.5, 0.6) is 0 Å². The Morgan fingerprint density at radius 3 is 0.720 bits per heavy atom. The molecule has 0 saturated heterocycles.